The molecule has 0 aromatic carbocycles. The van der Waals surface area contributed by atoms with Crippen LogP contribution in [0.2, 0.25) is 0 Å². The summed E-state index contributed by atoms with van der Waals surface area (Å²) in [5.74, 6) is 2.09. The third-order valence-corrected chi connectivity index (χ3v) is 3.08. The van der Waals surface area contributed by atoms with Gasteiger partial charge in [-0.15, -0.1) is 0 Å². The molecule has 0 unspecified atom stereocenters. The lowest BCUT2D eigenvalue weighted by atomic mass is 10.2. The van der Waals surface area contributed by atoms with Gasteiger partial charge in [-0.25, -0.2) is 9.67 Å². The van der Waals surface area contributed by atoms with Crippen LogP contribution in [0.4, 0.5) is 0 Å². The minimum atomic E-state index is 0.394. The Labute approximate surface area is 97.5 Å². The molecule has 1 aliphatic rings. The summed E-state index contributed by atoms with van der Waals surface area (Å²) < 4.78 is 1.98. The Morgan fingerprint density at radius 2 is 2.31 bits per heavy atom. The summed E-state index contributed by atoms with van der Waals surface area (Å²) in [6, 6.07) is 0.394. The van der Waals surface area contributed by atoms with Gasteiger partial charge in [0.15, 0.2) is 0 Å². The Bertz CT molecular complexity index is 315. The van der Waals surface area contributed by atoms with Gasteiger partial charge >= 0.3 is 0 Å². The highest BCUT2D eigenvalue weighted by molar-refractivity contribution is 4.85. The van der Waals surface area contributed by atoms with E-state index in [-0.39, 0.29) is 0 Å². The van der Waals surface area contributed by atoms with Crippen LogP contribution in [0.25, 0.3) is 0 Å². The summed E-state index contributed by atoms with van der Waals surface area (Å²) in [5.41, 5.74) is 0. The molecule has 1 saturated carbocycles. The molecule has 1 aliphatic carbocycles. The van der Waals surface area contributed by atoms with Crippen molar-refractivity contribution in [2.45, 2.75) is 52.1 Å². The van der Waals surface area contributed by atoms with E-state index in [1.54, 1.807) is 6.33 Å². The van der Waals surface area contributed by atoms with E-state index in [9.17, 15) is 0 Å². The number of hydrogen-bond acceptors (Lipinski definition) is 3. The highest BCUT2D eigenvalue weighted by Crippen LogP contribution is 2.33. The molecular formula is C12H22N4. The second kappa shape index (κ2) is 5.43. The van der Waals surface area contributed by atoms with Crippen molar-refractivity contribution in [1.29, 1.82) is 0 Å². The first kappa shape index (κ1) is 11.6. The summed E-state index contributed by atoms with van der Waals surface area (Å²) in [6.07, 6.45) is 7.24. The zero-order valence-electron chi connectivity index (χ0n) is 10.3. The van der Waals surface area contributed by atoms with Crippen LogP contribution in [-0.4, -0.2) is 21.3 Å². The molecule has 1 fully saturated rings. The fourth-order valence-electron chi connectivity index (χ4n) is 1.95. The van der Waals surface area contributed by atoms with Crippen LogP contribution in [0, 0.1) is 5.92 Å². The predicted octanol–water partition coefficient (Wildman–Crippen LogP) is 2.14. The Hall–Kier alpha value is -0.900. The van der Waals surface area contributed by atoms with Crippen LogP contribution < -0.4 is 5.32 Å². The topological polar surface area (TPSA) is 42.7 Å². The number of hydrogen-bond donors (Lipinski definition) is 1. The molecule has 0 aliphatic heterocycles. The van der Waals surface area contributed by atoms with E-state index in [2.05, 4.69) is 29.2 Å². The average molecular weight is 222 g/mol. The molecule has 4 nitrogen and oxygen atoms in total. The van der Waals surface area contributed by atoms with Gasteiger partial charge in [0.05, 0.1) is 6.54 Å². The van der Waals surface area contributed by atoms with Crippen molar-refractivity contribution in [3.63, 3.8) is 0 Å². The van der Waals surface area contributed by atoms with Gasteiger partial charge in [0.1, 0.15) is 12.2 Å². The Morgan fingerprint density at radius 1 is 1.50 bits per heavy atom. The van der Waals surface area contributed by atoms with Gasteiger partial charge in [0.25, 0.3) is 0 Å². The first-order valence-electron chi connectivity index (χ1n) is 6.36. The third kappa shape index (κ3) is 3.30. The lowest BCUT2D eigenvalue weighted by molar-refractivity contribution is 0.485. The smallest absolute Gasteiger partial charge is 0.141 e. The second-order valence-electron chi connectivity index (χ2n) is 4.98. The van der Waals surface area contributed by atoms with Crippen molar-refractivity contribution in [3.8, 4) is 0 Å². The molecule has 1 N–H and O–H groups in total. The van der Waals surface area contributed by atoms with Crippen molar-refractivity contribution in [2.24, 2.45) is 5.92 Å². The third-order valence-electron chi connectivity index (χ3n) is 3.08. The number of nitrogens with zero attached hydrogens (tertiary/aromatic N) is 3. The highest BCUT2D eigenvalue weighted by atomic mass is 15.3. The SMILES string of the molecule is CC(C)n1ncnc1CNCCCC1CC1. The van der Waals surface area contributed by atoms with Crippen molar-refractivity contribution in [2.75, 3.05) is 6.54 Å². The molecule has 0 radical (unpaired) electrons. The van der Waals surface area contributed by atoms with E-state index in [1.165, 1.54) is 25.7 Å². The van der Waals surface area contributed by atoms with Gasteiger partial charge in [-0.1, -0.05) is 12.8 Å². The number of rotatable bonds is 7. The molecule has 0 bridgehead atoms. The van der Waals surface area contributed by atoms with Crippen molar-refractivity contribution < 1.29 is 0 Å². The van der Waals surface area contributed by atoms with Crippen LogP contribution in [0.3, 0.4) is 0 Å². The van der Waals surface area contributed by atoms with Gasteiger partial charge in [-0.05, 0) is 39.2 Å². The van der Waals surface area contributed by atoms with Crippen LogP contribution >= 0.6 is 0 Å². The zero-order chi connectivity index (χ0) is 11.4. The lowest BCUT2D eigenvalue weighted by Crippen LogP contribution is -2.19. The van der Waals surface area contributed by atoms with E-state index in [1.807, 2.05) is 4.68 Å². The van der Waals surface area contributed by atoms with Crippen molar-refractivity contribution >= 4 is 0 Å². The molecule has 1 aromatic rings. The molecule has 0 saturated heterocycles. The first-order chi connectivity index (χ1) is 7.77. The molecule has 0 atom stereocenters. The summed E-state index contributed by atoms with van der Waals surface area (Å²) in [4.78, 5) is 4.27. The van der Waals surface area contributed by atoms with Crippen LogP contribution in [0.1, 0.15) is 51.4 Å². The van der Waals surface area contributed by atoms with E-state index in [0.29, 0.717) is 6.04 Å². The average Bonchev–Trinajstić information content (AvgIpc) is 2.94. The minimum Gasteiger partial charge on any atom is -0.310 e. The van der Waals surface area contributed by atoms with Gasteiger partial charge < -0.3 is 5.32 Å². The van der Waals surface area contributed by atoms with E-state index < -0.39 is 0 Å². The lowest BCUT2D eigenvalue weighted by Gasteiger charge is -2.09. The molecule has 1 aromatic heterocycles. The standard InChI is InChI=1S/C12H22N4/c1-10(2)16-12(14-9-15-16)8-13-7-3-4-11-5-6-11/h9-11,13H,3-8H2,1-2H3. The van der Waals surface area contributed by atoms with Gasteiger partial charge in [0.2, 0.25) is 0 Å². The van der Waals surface area contributed by atoms with Crippen molar-refractivity contribution in [1.82, 2.24) is 20.1 Å². The number of aromatic nitrogens is 3. The molecule has 1 heterocycles. The number of nitrogens with one attached hydrogen (secondary N) is 1. The quantitative estimate of drug-likeness (QED) is 0.719. The van der Waals surface area contributed by atoms with Crippen LogP contribution in [0.15, 0.2) is 6.33 Å². The maximum atomic E-state index is 4.27. The molecule has 2 rings (SSSR count). The highest BCUT2D eigenvalue weighted by Gasteiger charge is 2.19. The largest absolute Gasteiger partial charge is 0.310 e. The normalized spacial score (nSPS) is 15.9. The summed E-state index contributed by atoms with van der Waals surface area (Å²) in [7, 11) is 0. The molecule has 0 spiro atoms. The van der Waals surface area contributed by atoms with Gasteiger partial charge in [0, 0.05) is 6.04 Å². The summed E-state index contributed by atoms with van der Waals surface area (Å²) in [6.45, 7) is 6.20. The monoisotopic (exact) mass is 222 g/mol. The van der Waals surface area contributed by atoms with Gasteiger partial charge in [-0.3, -0.25) is 0 Å². The summed E-state index contributed by atoms with van der Waals surface area (Å²) in [5, 5.41) is 7.66. The maximum Gasteiger partial charge on any atom is 0.141 e. The van der Waals surface area contributed by atoms with Crippen molar-refractivity contribution in [3.05, 3.63) is 12.2 Å². The second-order valence-corrected chi connectivity index (χ2v) is 4.98. The molecule has 0 amide bonds. The summed E-state index contributed by atoms with van der Waals surface area (Å²) >= 11 is 0. The Balaban J connectivity index is 1.65. The molecule has 16 heavy (non-hydrogen) atoms. The first-order valence-corrected chi connectivity index (χ1v) is 6.36. The Kier molecular flexibility index (Phi) is 3.93. The van der Waals surface area contributed by atoms with E-state index in [0.717, 1.165) is 24.8 Å². The fourth-order valence-corrected chi connectivity index (χ4v) is 1.95. The van der Waals surface area contributed by atoms with E-state index >= 15 is 0 Å². The van der Waals surface area contributed by atoms with Crippen LogP contribution in [-0.2, 0) is 6.54 Å². The predicted molar refractivity (Wildman–Crippen MR) is 64.1 cm³/mol. The maximum absolute atomic E-state index is 4.27. The van der Waals surface area contributed by atoms with Crippen LogP contribution in [0.5, 0.6) is 0 Å². The zero-order valence-corrected chi connectivity index (χ0v) is 10.3. The molecule has 4 heteroatoms. The minimum absolute atomic E-state index is 0.394. The Morgan fingerprint density at radius 3 is 3.00 bits per heavy atom. The van der Waals surface area contributed by atoms with E-state index in [4.69, 9.17) is 0 Å². The fraction of sp³-hybridized carbons (Fsp3) is 0.833. The van der Waals surface area contributed by atoms with Gasteiger partial charge in [-0.2, -0.15) is 5.10 Å². The molecular weight excluding hydrogens is 200 g/mol. The molecule has 90 valence electrons.